The zero-order valence-corrected chi connectivity index (χ0v) is 7.25. The molecule has 0 saturated heterocycles. The molecule has 0 spiro atoms. The Morgan fingerprint density at radius 3 is 3.17 bits per heavy atom. The standard InChI is InChI=1S/C11H14O/c12-9-5-10-7-2-1-3-8(4-7)11(10)6-9/h5,7-8,11H,1-4,6H2/t7-,8-,11+/m0/s1. The summed E-state index contributed by atoms with van der Waals surface area (Å²) in [4.78, 5) is 11.2. The predicted octanol–water partition coefficient (Wildman–Crippen LogP) is 2.32. The highest BCUT2D eigenvalue weighted by atomic mass is 16.1. The summed E-state index contributed by atoms with van der Waals surface area (Å²) >= 11 is 0. The fourth-order valence-electron chi connectivity index (χ4n) is 3.44. The van der Waals surface area contributed by atoms with Crippen molar-refractivity contribution < 1.29 is 4.79 Å². The Labute approximate surface area is 72.8 Å². The van der Waals surface area contributed by atoms with Crippen LogP contribution in [0, 0.1) is 17.8 Å². The third-order valence-corrected chi connectivity index (χ3v) is 3.93. The Morgan fingerprint density at radius 1 is 1.33 bits per heavy atom. The monoisotopic (exact) mass is 162 g/mol. The number of allylic oxidation sites excluding steroid dienone is 2. The van der Waals surface area contributed by atoms with E-state index in [1.54, 1.807) is 0 Å². The molecule has 12 heavy (non-hydrogen) atoms. The van der Waals surface area contributed by atoms with Crippen molar-refractivity contribution >= 4 is 5.78 Å². The van der Waals surface area contributed by atoms with Gasteiger partial charge in [0.05, 0.1) is 0 Å². The SMILES string of the molecule is O=C1C=C2[C@H]3CCC[C@@H](C3)[C@H]2C1. The highest BCUT2D eigenvalue weighted by Crippen LogP contribution is 2.53. The van der Waals surface area contributed by atoms with Gasteiger partial charge in [0.2, 0.25) is 0 Å². The minimum absolute atomic E-state index is 0.395. The highest BCUT2D eigenvalue weighted by Gasteiger charge is 2.44. The zero-order chi connectivity index (χ0) is 8.13. The van der Waals surface area contributed by atoms with Gasteiger partial charge < -0.3 is 0 Å². The van der Waals surface area contributed by atoms with E-state index in [-0.39, 0.29) is 0 Å². The topological polar surface area (TPSA) is 17.1 Å². The zero-order valence-electron chi connectivity index (χ0n) is 7.25. The fourth-order valence-corrected chi connectivity index (χ4v) is 3.44. The minimum Gasteiger partial charge on any atom is -0.295 e. The van der Waals surface area contributed by atoms with Gasteiger partial charge in [0.25, 0.3) is 0 Å². The normalized spacial score (nSPS) is 44.5. The molecule has 0 aliphatic heterocycles. The molecular weight excluding hydrogens is 148 g/mol. The summed E-state index contributed by atoms with van der Waals surface area (Å²) in [6, 6.07) is 0. The van der Waals surface area contributed by atoms with E-state index in [4.69, 9.17) is 0 Å². The molecule has 0 radical (unpaired) electrons. The van der Waals surface area contributed by atoms with Crippen molar-refractivity contribution in [3.8, 4) is 0 Å². The van der Waals surface area contributed by atoms with Gasteiger partial charge in [-0.25, -0.2) is 0 Å². The van der Waals surface area contributed by atoms with Crippen LogP contribution in [0.3, 0.4) is 0 Å². The van der Waals surface area contributed by atoms with E-state index in [2.05, 4.69) is 0 Å². The van der Waals surface area contributed by atoms with Crippen molar-refractivity contribution in [2.24, 2.45) is 17.8 Å². The van der Waals surface area contributed by atoms with Crippen LogP contribution in [0.1, 0.15) is 32.1 Å². The number of carbonyl (C=O) groups is 1. The van der Waals surface area contributed by atoms with Crippen LogP contribution in [0.5, 0.6) is 0 Å². The van der Waals surface area contributed by atoms with E-state index < -0.39 is 0 Å². The molecule has 0 N–H and O–H groups in total. The van der Waals surface area contributed by atoms with Gasteiger partial charge in [-0.3, -0.25) is 4.79 Å². The second-order valence-corrected chi connectivity index (χ2v) is 4.54. The van der Waals surface area contributed by atoms with Gasteiger partial charge in [-0.1, -0.05) is 12.0 Å². The van der Waals surface area contributed by atoms with E-state index in [0.29, 0.717) is 11.7 Å². The summed E-state index contributed by atoms with van der Waals surface area (Å²) < 4.78 is 0. The molecule has 2 fully saturated rings. The Kier molecular flexibility index (Phi) is 1.27. The van der Waals surface area contributed by atoms with Crippen LogP contribution in [-0.4, -0.2) is 5.78 Å². The third kappa shape index (κ3) is 0.769. The second kappa shape index (κ2) is 2.21. The smallest absolute Gasteiger partial charge is 0.156 e. The molecule has 2 saturated carbocycles. The van der Waals surface area contributed by atoms with E-state index in [0.717, 1.165) is 18.3 Å². The maximum Gasteiger partial charge on any atom is 0.156 e. The fraction of sp³-hybridized carbons (Fsp3) is 0.727. The quantitative estimate of drug-likeness (QED) is 0.534. The van der Waals surface area contributed by atoms with E-state index in [1.807, 2.05) is 6.08 Å². The molecule has 0 heterocycles. The van der Waals surface area contributed by atoms with Gasteiger partial charge in [-0.05, 0) is 43.1 Å². The molecule has 1 heteroatoms. The lowest BCUT2D eigenvalue weighted by Gasteiger charge is -2.19. The molecule has 0 unspecified atom stereocenters. The van der Waals surface area contributed by atoms with Gasteiger partial charge in [-0.15, -0.1) is 0 Å². The largest absolute Gasteiger partial charge is 0.295 e. The molecule has 0 aromatic heterocycles. The van der Waals surface area contributed by atoms with Crippen molar-refractivity contribution in [3.63, 3.8) is 0 Å². The number of carbonyl (C=O) groups excluding carboxylic acids is 1. The summed E-state index contributed by atoms with van der Waals surface area (Å²) in [5.74, 6) is 2.76. The van der Waals surface area contributed by atoms with Crippen molar-refractivity contribution in [3.05, 3.63) is 11.6 Å². The molecule has 64 valence electrons. The maximum atomic E-state index is 11.2. The van der Waals surface area contributed by atoms with Crippen molar-refractivity contribution in [1.82, 2.24) is 0 Å². The van der Waals surface area contributed by atoms with Crippen LogP contribution < -0.4 is 0 Å². The van der Waals surface area contributed by atoms with Crippen LogP contribution in [0.2, 0.25) is 0 Å². The minimum atomic E-state index is 0.395. The number of rotatable bonds is 0. The van der Waals surface area contributed by atoms with Gasteiger partial charge in [0, 0.05) is 6.42 Å². The van der Waals surface area contributed by atoms with Crippen molar-refractivity contribution in [1.29, 1.82) is 0 Å². The average molecular weight is 162 g/mol. The molecular formula is C11H14O. The van der Waals surface area contributed by atoms with Crippen LogP contribution in [0.4, 0.5) is 0 Å². The van der Waals surface area contributed by atoms with Gasteiger partial charge >= 0.3 is 0 Å². The Balaban J connectivity index is 2.00. The molecule has 3 aliphatic rings. The molecule has 3 atom stereocenters. The first kappa shape index (κ1) is 6.88. The van der Waals surface area contributed by atoms with E-state index in [9.17, 15) is 4.79 Å². The second-order valence-electron chi connectivity index (χ2n) is 4.54. The summed E-state index contributed by atoms with van der Waals surface area (Å²) in [5, 5.41) is 0. The third-order valence-electron chi connectivity index (χ3n) is 3.93. The Hall–Kier alpha value is -0.590. The van der Waals surface area contributed by atoms with E-state index >= 15 is 0 Å². The molecule has 3 rings (SSSR count). The number of hydrogen-bond donors (Lipinski definition) is 0. The van der Waals surface area contributed by atoms with Crippen molar-refractivity contribution in [2.45, 2.75) is 32.1 Å². The first-order valence-corrected chi connectivity index (χ1v) is 5.09. The predicted molar refractivity (Wildman–Crippen MR) is 46.6 cm³/mol. The lowest BCUT2D eigenvalue weighted by molar-refractivity contribution is -0.114. The van der Waals surface area contributed by atoms with E-state index in [1.165, 1.54) is 31.3 Å². The first-order chi connectivity index (χ1) is 5.84. The lowest BCUT2D eigenvalue weighted by atomic mass is 9.86. The number of fused-ring (bicyclic) bond motifs is 5. The number of ketones is 1. The van der Waals surface area contributed by atoms with Gasteiger partial charge in [0.1, 0.15) is 0 Å². The van der Waals surface area contributed by atoms with Gasteiger partial charge in [-0.2, -0.15) is 0 Å². The summed E-state index contributed by atoms with van der Waals surface area (Å²) in [5.41, 5.74) is 1.53. The highest BCUT2D eigenvalue weighted by molar-refractivity contribution is 5.94. The maximum absolute atomic E-state index is 11.2. The Morgan fingerprint density at radius 2 is 2.25 bits per heavy atom. The summed E-state index contributed by atoms with van der Waals surface area (Å²) in [6.07, 6.45) is 8.33. The van der Waals surface area contributed by atoms with Crippen LogP contribution in [0.15, 0.2) is 11.6 Å². The first-order valence-electron chi connectivity index (χ1n) is 5.09. The summed E-state index contributed by atoms with van der Waals surface area (Å²) in [7, 11) is 0. The molecule has 0 amide bonds. The van der Waals surface area contributed by atoms with Crippen LogP contribution in [0.25, 0.3) is 0 Å². The summed E-state index contributed by atoms with van der Waals surface area (Å²) in [6.45, 7) is 0. The van der Waals surface area contributed by atoms with Crippen molar-refractivity contribution in [2.75, 3.05) is 0 Å². The molecule has 3 aliphatic carbocycles. The molecule has 0 aromatic rings. The number of hydrogen-bond acceptors (Lipinski definition) is 1. The average Bonchev–Trinajstić information content (AvgIpc) is 2.55. The molecule has 1 nitrogen and oxygen atoms in total. The molecule has 0 aromatic carbocycles. The Bertz CT molecular complexity index is 264. The van der Waals surface area contributed by atoms with Crippen LogP contribution >= 0.6 is 0 Å². The lowest BCUT2D eigenvalue weighted by Crippen LogP contribution is -2.10. The van der Waals surface area contributed by atoms with Crippen LogP contribution in [-0.2, 0) is 4.79 Å². The van der Waals surface area contributed by atoms with Gasteiger partial charge in [0.15, 0.2) is 5.78 Å². The molecule has 2 bridgehead atoms.